The Morgan fingerprint density at radius 2 is 1.95 bits per heavy atom. The zero-order valence-electron chi connectivity index (χ0n) is 24.6. The summed E-state index contributed by atoms with van der Waals surface area (Å²) in [5.74, 6) is -0.785. The number of hydrogen-bond acceptors (Lipinski definition) is 10. The van der Waals surface area contributed by atoms with Crippen molar-refractivity contribution in [2.75, 3.05) is 37.4 Å². The van der Waals surface area contributed by atoms with Gasteiger partial charge in [-0.3, -0.25) is 9.59 Å². The second-order valence-corrected chi connectivity index (χ2v) is 13.2. The molecular weight excluding hydrogens is 604 g/mol. The fraction of sp³-hybridized carbons (Fsp3) is 0.429. The van der Waals surface area contributed by atoms with E-state index in [1.54, 1.807) is 30.3 Å². The number of aryl methyl sites for hydroxylation is 3. The summed E-state index contributed by atoms with van der Waals surface area (Å²) in [7, 11) is -0.370. The summed E-state index contributed by atoms with van der Waals surface area (Å²) >= 11 is 7.33. The van der Waals surface area contributed by atoms with E-state index in [1.807, 2.05) is 20.8 Å². The molecule has 14 heteroatoms. The van der Waals surface area contributed by atoms with Gasteiger partial charge in [-0.1, -0.05) is 5.16 Å². The van der Waals surface area contributed by atoms with E-state index in [-0.39, 0.29) is 39.7 Å². The van der Waals surface area contributed by atoms with E-state index in [1.165, 1.54) is 30.1 Å². The van der Waals surface area contributed by atoms with Crippen molar-refractivity contribution >= 4 is 55.9 Å². The first-order valence-corrected chi connectivity index (χ1v) is 16.2. The molecule has 1 aliphatic heterocycles. The number of nitrogens with zero attached hydrogens (tertiary/aromatic N) is 4. The molecule has 4 rings (SSSR count). The number of alkyl halides is 1. The highest BCUT2D eigenvalue weighted by atomic mass is 35.5. The molecule has 3 heterocycles. The molecule has 11 nitrogen and oxygen atoms in total. The molecule has 0 saturated carbocycles. The predicted octanol–water partition coefficient (Wildman–Crippen LogP) is 4.16. The van der Waals surface area contributed by atoms with Crippen LogP contribution in [0, 0.1) is 20.8 Å². The summed E-state index contributed by atoms with van der Waals surface area (Å²) in [6.07, 6.45) is 2.84. The minimum absolute atomic E-state index is 0.0111. The molecule has 0 aliphatic carbocycles. The Labute approximate surface area is 254 Å². The van der Waals surface area contributed by atoms with Gasteiger partial charge in [-0.05, 0) is 56.3 Å². The second kappa shape index (κ2) is 13.8. The molecular formula is C28H35ClN4O7S2. The number of ether oxygens (including phenoxy) is 1. The van der Waals surface area contributed by atoms with Crippen LogP contribution in [0.2, 0.25) is 0 Å². The number of rotatable bonds is 9. The van der Waals surface area contributed by atoms with E-state index in [0.717, 1.165) is 22.4 Å². The summed E-state index contributed by atoms with van der Waals surface area (Å²) in [6.45, 7) is 8.50. The molecule has 1 amide bonds. The summed E-state index contributed by atoms with van der Waals surface area (Å²) in [5.41, 5.74) is 3.75. The topological polar surface area (TPSA) is 140 Å². The number of aromatic nitrogens is 2. The van der Waals surface area contributed by atoms with Gasteiger partial charge in [0, 0.05) is 42.8 Å². The number of sulfone groups is 1. The molecule has 42 heavy (non-hydrogen) atoms. The van der Waals surface area contributed by atoms with Gasteiger partial charge in [0.2, 0.25) is 11.8 Å². The van der Waals surface area contributed by atoms with Crippen LogP contribution in [0.4, 0.5) is 5.69 Å². The third-order valence-electron chi connectivity index (χ3n) is 6.71. The SMILES string of the molecule is COCC(C)N(C(=O)CCl)c1c(C)csc1C.Cc1c(C(=O)c2cnn(C)c2O)ccc(S(C)(=O)=O)c1C1=NOCC1. The van der Waals surface area contributed by atoms with Crippen LogP contribution in [0.1, 0.15) is 50.8 Å². The lowest BCUT2D eigenvalue weighted by molar-refractivity contribution is -0.116. The fourth-order valence-electron chi connectivity index (χ4n) is 4.72. The first kappa shape index (κ1) is 33.2. The molecule has 3 aromatic rings. The molecule has 2 aromatic heterocycles. The number of amides is 1. The lowest BCUT2D eigenvalue weighted by Gasteiger charge is -2.29. The van der Waals surface area contributed by atoms with Crippen molar-refractivity contribution in [1.29, 1.82) is 0 Å². The number of methoxy groups -OCH3 is 1. The molecule has 0 radical (unpaired) electrons. The van der Waals surface area contributed by atoms with Crippen LogP contribution in [-0.4, -0.2) is 79.2 Å². The Hall–Kier alpha value is -3.26. The van der Waals surface area contributed by atoms with Gasteiger partial charge in [0.1, 0.15) is 18.1 Å². The van der Waals surface area contributed by atoms with Gasteiger partial charge < -0.3 is 19.6 Å². The van der Waals surface area contributed by atoms with E-state index in [4.69, 9.17) is 21.2 Å². The number of aromatic hydroxyl groups is 1. The first-order valence-electron chi connectivity index (χ1n) is 12.9. The lowest BCUT2D eigenvalue weighted by Crippen LogP contribution is -2.42. The smallest absolute Gasteiger partial charge is 0.242 e. The van der Waals surface area contributed by atoms with E-state index < -0.39 is 15.6 Å². The van der Waals surface area contributed by atoms with Gasteiger partial charge in [-0.2, -0.15) is 5.10 Å². The van der Waals surface area contributed by atoms with Crippen LogP contribution in [0.15, 0.2) is 33.8 Å². The number of carbonyl (C=O) groups excluding carboxylic acids is 2. The maximum Gasteiger partial charge on any atom is 0.242 e. The Bertz CT molecular complexity index is 1590. The van der Waals surface area contributed by atoms with Gasteiger partial charge in [0.05, 0.1) is 35.1 Å². The first-order chi connectivity index (χ1) is 19.7. The molecule has 228 valence electrons. The fourth-order valence-corrected chi connectivity index (χ4v) is 6.64. The van der Waals surface area contributed by atoms with Crippen molar-refractivity contribution in [3.8, 4) is 5.88 Å². The van der Waals surface area contributed by atoms with Crippen LogP contribution < -0.4 is 4.90 Å². The van der Waals surface area contributed by atoms with Crippen LogP contribution >= 0.6 is 22.9 Å². The molecule has 1 aromatic carbocycles. The van der Waals surface area contributed by atoms with Crippen molar-refractivity contribution in [3.05, 3.63) is 56.4 Å². The minimum atomic E-state index is -3.52. The summed E-state index contributed by atoms with van der Waals surface area (Å²) in [6, 6.07) is 2.82. The summed E-state index contributed by atoms with van der Waals surface area (Å²) < 4.78 is 30.6. The van der Waals surface area contributed by atoms with Crippen molar-refractivity contribution in [3.63, 3.8) is 0 Å². The number of anilines is 1. The van der Waals surface area contributed by atoms with Gasteiger partial charge in [-0.25, -0.2) is 13.1 Å². The van der Waals surface area contributed by atoms with Gasteiger partial charge in [-0.15, -0.1) is 22.9 Å². The quantitative estimate of drug-likeness (QED) is 0.272. The largest absolute Gasteiger partial charge is 0.493 e. The Morgan fingerprint density at radius 1 is 1.26 bits per heavy atom. The lowest BCUT2D eigenvalue weighted by atomic mass is 9.93. The molecule has 1 atom stereocenters. The van der Waals surface area contributed by atoms with Crippen molar-refractivity contribution < 1.29 is 32.7 Å². The van der Waals surface area contributed by atoms with Crippen LogP contribution in [-0.2, 0) is 31.3 Å². The summed E-state index contributed by atoms with van der Waals surface area (Å²) in [5, 5.41) is 19.8. The number of oxime groups is 1. The Kier molecular flexibility index (Phi) is 10.9. The Balaban J connectivity index is 0.000000250. The molecule has 1 aliphatic rings. The molecule has 1 N–H and O–H groups in total. The van der Waals surface area contributed by atoms with Gasteiger partial charge in [0.25, 0.3) is 0 Å². The monoisotopic (exact) mass is 638 g/mol. The maximum atomic E-state index is 12.8. The molecule has 0 saturated heterocycles. The van der Waals surface area contributed by atoms with Crippen molar-refractivity contribution in [2.24, 2.45) is 12.2 Å². The maximum absolute atomic E-state index is 12.8. The summed E-state index contributed by atoms with van der Waals surface area (Å²) in [4.78, 5) is 32.7. The van der Waals surface area contributed by atoms with Crippen LogP contribution in [0.3, 0.4) is 0 Å². The standard InChI is InChI=1S/C16H17N3O5S.C12H18ClNO2S/c1-9-10(15(20)11-8-17-19(2)16(11)21)4-5-13(25(3,22)23)14(9)12-6-7-24-18-12;1-8-7-17-10(3)12(8)14(11(15)5-13)9(2)6-16-4/h4-5,8,21H,6-7H2,1-3H3;7,9H,5-6H2,1-4H3. The number of hydrogen-bond donors (Lipinski definition) is 1. The average Bonchev–Trinajstić information content (AvgIpc) is 3.66. The van der Waals surface area contributed by atoms with Crippen molar-refractivity contribution in [2.45, 2.75) is 45.1 Å². The highest BCUT2D eigenvalue weighted by molar-refractivity contribution is 7.90. The molecule has 0 spiro atoms. The molecule has 0 bridgehead atoms. The number of ketones is 1. The van der Waals surface area contributed by atoms with Crippen molar-refractivity contribution in [1.82, 2.24) is 9.78 Å². The van der Waals surface area contributed by atoms with E-state index >= 15 is 0 Å². The number of carbonyl (C=O) groups is 2. The van der Waals surface area contributed by atoms with E-state index in [9.17, 15) is 23.1 Å². The zero-order valence-corrected chi connectivity index (χ0v) is 27.0. The van der Waals surface area contributed by atoms with E-state index in [2.05, 4.69) is 15.6 Å². The second-order valence-electron chi connectivity index (χ2n) is 9.86. The minimum Gasteiger partial charge on any atom is -0.493 e. The predicted molar refractivity (Wildman–Crippen MR) is 163 cm³/mol. The highest BCUT2D eigenvalue weighted by Gasteiger charge is 2.28. The van der Waals surface area contributed by atoms with Gasteiger partial charge >= 0.3 is 0 Å². The van der Waals surface area contributed by atoms with Crippen LogP contribution in [0.5, 0.6) is 5.88 Å². The number of thiophene rings is 1. The van der Waals surface area contributed by atoms with Crippen LogP contribution in [0.25, 0.3) is 0 Å². The third-order valence-corrected chi connectivity index (χ3v) is 9.09. The third kappa shape index (κ3) is 7.02. The highest BCUT2D eigenvalue weighted by Crippen LogP contribution is 2.32. The number of benzene rings is 1. The Morgan fingerprint density at radius 3 is 2.43 bits per heavy atom. The average molecular weight is 639 g/mol. The molecule has 1 unspecified atom stereocenters. The molecule has 0 fully saturated rings. The number of halogens is 1. The zero-order chi connectivity index (χ0) is 31.4. The normalized spacial score (nSPS) is 13.6. The van der Waals surface area contributed by atoms with Gasteiger partial charge in [0.15, 0.2) is 15.6 Å². The van der Waals surface area contributed by atoms with E-state index in [0.29, 0.717) is 36.5 Å².